The van der Waals surface area contributed by atoms with Crippen molar-refractivity contribution in [2.24, 2.45) is 5.92 Å². The number of ether oxygens (including phenoxy) is 1. The van der Waals surface area contributed by atoms with Gasteiger partial charge in [-0.2, -0.15) is 0 Å². The summed E-state index contributed by atoms with van der Waals surface area (Å²) in [7, 11) is 1.52. The third-order valence-corrected chi connectivity index (χ3v) is 2.09. The van der Waals surface area contributed by atoms with Crippen LogP contribution in [0, 0.1) is 5.92 Å². The van der Waals surface area contributed by atoms with Crippen molar-refractivity contribution in [2.45, 2.75) is 26.7 Å². The van der Waals surface area contributed by atoms with Crippen LogP contribution in [0.2, 0.25) is 0 Å². The number of methoxy groups -OCH3 is 1. The van der Waals surface area contributed by atoms with Crippen LogP contribution in [-0.2, 0) is 0 Å². The van der Waals surface area contributed by atoms with E-state index in [-0.39, 0.29) is 5.78 Å². The molecular weight excluding hydrogens is 192 g/mol. The summed E-state index contributed by atoms with van der Waals surface area (Å²) in [5.74, 6) is 1.000. The number of ketones is 1. The molecule has 1 aromatic heterocycles. The van der Waals surface area contributed by atoms with E-state index in [4.69, 9.17) is 4.74 Å². The molecule has 0 N–H and O–H groups in total. The zero-order chi connectivity index (χ0) is 11.3. The first-order chi connectivity index (χ1) is 7.13. The van der Waals surface area contributed by atoms with E-state index in [2.05, 4.69) is 23.8 Å². The molecular formula is C11H16N2O2. The van der Waals surface area contributed by atoms with Gasteiger partial charge in [-0.1, -0.05) is 13.8 Å². The van der Waals surface area contributed by atoms with Crippen LogP contribution in [-0.4, -0.2) is 22.9 Å². The van der Waals surface area contributed by atoms with Gasteiger partial charge in [0.2, 0.25) is 5.88 Å². The van der Waals surface area contributed by atoms with Gasteiger partial charge in [0.15, 0.2) is 5.78 Å². The van der Waals surface area contributed by atoms with Gasteiger partial charge < -0.3 is 4.74 Å². The predicted molar refractivity (Wildman–Crippen MR) is 57.0 cm³/mol. The Morgan fingerprint density at radius 3 is 2.80 bits per heavy atom. The maximum Gasteiger partial charge on any atom is 0.216 e. The number of Topliss-reactive ketones (excluding diaryl/α,β-unsaturated/α-hetero) is 1. The molecule has 0 aliphatic carbocycles. The Kier molecular flexibility index (Phi) is 4.21. The molecule has 4 heteroatoms. The van der Waals surface area contributed by atoms with E-state index in [0.717, 1.165) is 6.42 Å². The lowest BCUT2D eigenvalue weighted by Gasteiger charge is -2.04. The van der Waals surface area contributed by atoms with E-state index in [0.29, 0.717) is 23.9 Å². The predicted octanol–water partition coefficient (Wildman–Crippen LogP) is 2.10. The number of rotatable bonds is 5. The van der Waals surface area contributed by atoms with Gasteiger partial charge in [-0.3, -0.25) is 4.79 Å². The van der Waals surface area contributed by atoms with Gasteiger partial charge in [0, 0.05) is 12.5 Å². The van der Waals surface area contributed by atoms with Crippen LogP contribution in [0.1, 0.15) is 37.2 Å². The molecule has 0 radical (unpaired) electrons. The molecule has 15 heavy (non-hydrogen) atoms. The van der Waals surface area contributed by atoms with E-state index < -0.39 is 0 Å². The van der Waals surface area contributed by atoms with Gasteiger partial charge in [-0.15, -0.1) is 0 Å². The first-order valence-corrected chi connectivity index (χ1v) is 5.02. The number of nitrogens with zero attached hydrogens (tertiary/aromatic N) is 2. The molecule has 0 aliphatic rings. The van der Waals surface area contributed by atoms with Crippen molar-refractivity contribution in [1.82, 2.24) is 9.97 Å². The maximum atomic E-state index is 11.7. The molecule has 0 bridgehead atoms. The minimum Gasteiger partial charge on any atom is -0.481 e. The highest BCUT2D eigenvalue weighted by atomic mass is 16.5. The van der Waals surface area contributed by atoms with Crippen molar-refractivity contribution in [3.63, 3.8) is 0 Å². The van der Waals surface area contributed by atoms with E-state index in [1.165, 1.54) is 13.4 Å². The van der Waals surface area contributed by atoms with Crippen molar-refractivity contribution in [3.8, 4) is 5.88 Å². The zero-order valence-electron chi connectivity index (χ0n) is 9.36. The zero-order valence-corrected chi connectivity index (χ0v) is 9.36. The van der Waals surface area contributed by atoms with Gasteiger partial charge in [0.25, 0.3) is 0 Å². The SMILES string of the molecule is COc1cc(C(=O)CCC(C)C)ncn1. The first-order valence-electron chi connectivity index (χ1n) is 5.02. The van der Waals surface area contributed by atoms with E-state index >= 15 is 0 Å². The Balaban J connectivity index is 2.65. The Labute approximate surface area is 89.7 Å². The molecule has 0 spiro atoms. The van der Waals surface area contributed by atoms with Gasteiger partial charge in [0.05, 0.1) is 7.11 Å². The molecule has 1 aromatic rings. The van der Waals surface area contributed by atoms with Crippen LogP contribution >= 0.6 is 0 Å². The third-order valence-electron chi connectivity index (χ3n) is 2.09. The summed E-state index contributed by atoms with van der Waals surface area (Å²) >= 11 is 0. The van der Waals surface area contributed by atoms with Crippen LogP contribution in [0.3, 0.4) is 0 Å². The molecule has 0 atom stereocenters. The van der Waals surface area contributed by atoms with E-state index in [1.54, 1.807) is 6.07 Å². The van der Waals surface area contributed by atoms with E-state index in [9.17, 15) is 4.79 Å². The molecule has 1 rings (SSSR count). The van der Waals surface area contributed by atoms with Crippen molar-refractivity contribution in [3.05, 3.63) is 18.1 Å². The van der Waals surface area contributed by atoms with Crippen molar-refractivity contribution < 1.29 is 9.53 Å². The number of carbonyl (C=O) groups excluding carboxylic acids is 1. The largest absolute Gasteiger partial charge is 0.481 e. The monoisotopic (exact) mass is 208 g/mol. The minimum absolute atomic E-state index is 0.0457. The second-order valence-corrected chi connectivity index (χ2v) is 3.80. The van der Waals surface area contributed by atoms with Gasteiger partial charge in [-0.05, 0) is 12.3 Å². The Morgan fingerprint density at radius 1 is 1.47 bits per heavy atom. The van der Waals surface area contributed by atoms with Crippen LogP contribution in [0.15, 0.2) is 12.4 Å². The fourth-order valence-corrected chi connectivity index (χ4v) is 1.15. The smallest absolute Gasteiger partial charge is 0.216 e. The van der Waals surface area contributed by atoms with Crippen molar-refractivity contribution >= 4 is 5.78 Å². The van der Waals surface area contributed by atoms with Crippen molar-refractivity contribution in [2.75, 3.05) is 7.11 Å². The Bertz CT molecular complexity index is 337. The quantitative estimate of drug-likeness (QED) is 0.695. The lowest BCUT2D eigenvalue weighted by atomic mass is 10.0. The second-order valence-electron chi connectivity index (χ2n) is 3.80. The van der Waals surface area contributed by atoms with E-state index in [1.807, 2.05) is 0 Å². The third kappa shape index (κ3) is 3.65. The summed E-state index contributed by atoms with van der Waals surface area (Å²) < 4.78 is 4.93. The Morgan fingerprint density at radius 2 is 2.20 bits per heavy atom. The number of hydrogen-bond donors (Lipinski definition) is 0. The van der Waals surface area contributed by atoms with Crippen LogP contribution in [0.25, 0.3) is 0 Å². The van der Waals surface area contributed by atoms with Crippen LogP contribution in [0.5, 0.6) is 5.88 Å². The number of hydrogen-bond acceptors (Lipinski definition) is 4. The number of aromatic nitrogens is 2. The van der Waals surface area contributed by atoms with Gasteiger partial charge in [0.1, 0.15) is 12.0 Å². The normalized spacial score (nSPS) is 10.4. The highest BCUT2D eigenvalue weighted by molar-refractivity contribution is 5.94. The minimum atomic E-state index is 0.0457. The molecule has 0 fully saturated rings. The average Bonchev–Trinajstić information content (AvgIpc) is 2.26. The first kappa shape index (κ1) is 11.6. The second kappa shape index (κ2) is 5.44. The van der Waals surface area contributed by atoms with Gasteiger partial charge >= 0.3 is 0 Å². The summed E-state index contributed by atoms with van der Waals surface area (Å²) in [5, 5.41) is 0. The van der Waals surface area contributed by atoms with Crippen LogP contribution in [0.4, 0.5) is 0 Å². The van der Waals surface area contributed by atoms with Gasteiger partial charge in [-0.25, -0.2) is 9.97 Å². The highest BCUT2D eigenvalue weighted by Gasteiger charge is 2.09. The summed E-state index contributed by atoms with van der Waals surface area (Å²) in [4.78, 5) is 19.4. The summed E-state index contributed by atoms with van der Waals surface area (Å²) in [5.41, 5.74) is 0.433. The molecule has 0 saturated heterocycles. The lowest BCUT2D eigenvalue weighted by molar-refractivity contribution is 0.0970. The number of carbonyl (C=O) groups is 1. The molecule has 4 nitrogen and oxygen atoms in total. The van der Waals surface area contributed by atoms with Crippen molar-refractivity contribution in [1.29, 1.82) is 0 Å². The molecule has 0 unspecified atom stereocenters. The molecule has 0 aliphatic heterocycles. The standard InChI is InChI=1S/C11H16N2O2/c1-8(2)4-5-10(14)9-6-11(15-3)13-7-12-9/h6-8H,4-5H2,1-3H3. The van der Waals surface area contributed by atoms with Crippen LogP contribution < -0.4 is 4.74 Å². The molecule has 0 aromatic carbocycles. The Hall–Kier alpha value is -1.45. The topological polar surface area (TPSA) is 52.1 Å². The summed E-state index contributed by atoms with van der Waals surface area (Å²) in [6, 6.07) is 1.57. The summed E-state index contributed by atoms with van der Waals surface area (Å²) in [6.45, 7) is 4.18. The average molecular weight is 208 g/mol. The lowest BCUT2D eigenvalue weighted by Crippen LogP contribution is -2.04. The molecule has 0 saturated carbocycles. The molecule has 0 amide bonds. The fourth-order valence-electron chi connectivity index (χ4n) is 1.15. The summed E-state index contributed by atoms with van der Waals surface area (Å²) in [6.07, 6.45) is 2.75. The fraction of sp³-hybridized carbons (Fsp3) is 0.545. The molecule has 1 heterocycles. The molecule has 82 valence electrons. The maximum absolute atomic E-state index is 11.7. The highest BCUT2D eigenvalue weighted by Crippen LogP contribution is 2.11.